The number of hydrogen-bond acceptors (Lipinski definition) is 3. The van der Waals surface area contributed by atoms with Gasteiger partial charge in [-0.05, 0) is 38.6 Å². The average Bonchev–Trinajstić information content (AvgIpc) is 3.09. The molecule has 2 aliphatic rings. The van der Waals surface area contributed by atoms with Crippen LogP contribution in [0.1, 0.15) is 25.7 Å². The van der Waals surface area contributed by atoms with Gasteiger partial charge >= 0.3 is 0 Å². The van der Waals surface area contributed by atoms with Gasteiger partial charge in [0.15, 0.2) is 0 Å². The molecule has 2 rings (SSSR count). The predicted molar refractivity (Wildman–Crippen MR) is 62.1 cm³/mol. The van der Waals surface area contributed by atoms with Crippen LogP contribution in [0, 0.1) is 11.3 Å². The van der Waals surface area contributed by atoms with E-state index >= 15 is 0 Å². The Balaban J connectivity index is 1.71. The Morgan fingerprint density at radius 1 is 1.38 bits per heavy atom. The molecule has 4 nitrogen and oxygen atoms in total. The molecule has 0 aromatic carbocycles. The number of carbonyl (C=O) groups is 1. The summed E-state index contributed by atoms with van der Waals surface area (Å²) in [5.41, 5.74) is -0.0834. The Hall–Kier alpha value is -0.610. The topological polar surface area (TPSA) is 50.4 Å². The second kappa shape index (κ2) is 5.15. The van der Waals surface area contributed by atoms with Gasteiger partial charge in [0.25, 0.3) is 0 Å². The first-order valence-electron chi connectivity index (χ1n) is 6.27. The van der Waals surface area contributed by atoms with Gasteiger partial charge in [0.05, 0.1) is 5.41 Å². The normalized spacial score (nSPS) is 24.1. The summed E-state index contributed by atoms with van der Waals surface area (Å²) in [6.45, 7) is 3.34. The van der Waals surface area contributed by atoms with Gasteiger partial charge in [-0.25, -0.2) is 0 Å². The van der Waals surface area contributed by atoms with Crippen molar-refractivity contribution in [2.24, 2.45) is 11.3 Å². The summed E-state index contributed by atoms with van der Waals surface area (Å²) in [7, 11) is 1.91. The molecule has 0 radical (unpaired) electrons. The maximum atomic E-state index is 12.0. The van der Waals surface area contributed by atoms with Gasteiger partial charge in [0.2, 0.25) is 5.91 Å². The molecule has 0 aromatic heterocycles. The van der Waals surface area contributed by atoms with Crippen LogP contribution in [-0.4, -0.2) is 39.3 Å². The highest BCUT2D eigenvalue weighted by molar-refractivity contribution is 5.85. The van der Waals surface area contributed by atoms with Gasteiger partial charge in [-0.3, -0.25) is 4.79 Å². The van der Waals surface area contributed by atoms with Crippen LogP contribution >= 0.6 is 0 Å². The van der Waals surface area contributed by atoms with Crippen molar-refractivity contribution in [3.63, 3.8) is 0 Å². The summed E-state index contributed by atoms with van der Waals surface area (Å²) in [6.07, 6.45) is 4.24. The Bertz CT molecular complexity index is 245. The second-order valence-corrected chi connectivity index (χ2v) is 5.08. The van der Waals surface area contributed by atoms with E-state index in [1.165, 1.54) is 0 Å². The fourth-order valence-corrected chi connectivity index (χ4v) is 2.35. The minimum Gasteiger partial charge on any atom is -0.381 e. The lowest BCUT2D eigenvalue weighted by molar-refractivity contribution is -0.126. The highest BCUT2D eigenvalue weighted by atomic mass is 16.5. The van der Waals surface area contributed by atoms with Crippen LogP contribution in [0.3, 0.4) is 0 Å². The molecule has 2 fully saturated rings. The Kier molecular flexibility index (Phi) is 3.82. The molecule has 2 N–H and O–H groups in total. The van der Waals surface area contributed by atoms with Crippen molar-refractivity contribution < 1.29 is 9.53 Å². The molecule has 1 amide bonds. The standard InChI is InChI=1S/C12H22N2O2/c1-13-9-12(4-5-12)11(15)14-8-10-2-6-16-7-3-10/h10,13H,2-9H2,1H3,(H,14,15). The van der Waals surface area contributed by atoms with E-state index in [1.807, 2.05) is 7.05 Å². The highest BCUT2D eigenvalue weighted by Gasteiger charge is 2.48. The molecule has 1 aliphatic heterocycles. The zero-order valence-electron chi connectivity index (χ0n) is 10.1. The Labute approximate surface area is 97.1 Å². The number of hydrogen-bond donors (Lipinski definition) is 2. The fraction of sp³-hybridized carbons (Fsp3) is 0.917. The van der Waals surface area contributed by atoms with E-state index in [-0.39, 0.29) is 11.3 Å². The third-order valence-corrected chi connectivity index (χ3v) is 3.74. The van der Waals surface area contributed by atoms with Gasteiger partial charge in [0.1, 0.15) is 0 Å². The zero-order valence-corrected chi connectivity index (χ0v) is 10.1. The van der Waals surface area contributed by atoms with E-state index < -0.39 is 0 Å². The van der Waals surface area contributed by atoms with Crippen molar-refractivity contribution in [2.45, 2.75) is 25.7 Å². The number of rotatable bonds is 5. The van der Waals surface area contributed by atoms with Crippen LogP contribution in [0.2, 0.25) is 0 Å². The minimum atomic E-state index is -0.0834. The smallest absolute Gasteiger partial charge is 0.227 e. The average molecular weight is 226 g/mol. The summed E-state index contributed by atoms with van der Waals surface area (Å²) in [5.74, 6) is 0.858. The number of carbonyl (C=O) groups excluding carboxylic acids is 1. The van der Waals surface area contributed by atoms with E-state index in [9.17, 15) is 4.79 Å². The molecule has 1 saturated heterocycles. The molecule has 0 aromatic rings. The third-order valence-electron chi connectivity index (χ3n) is 3.74. The zero-order chi connectivity index (χ0) is 11.4. The van der Waals surface area contributed by atoms with E-state index in [0.29, 0.717) is 5.92 Å². The fourth-order valence-electron chi connectivity index (χ4n) is 2.35. The summed E-state index contributed by atoms with van der Waals surface area (Å²) in [4.78, 5) is 12.0. The second-order valence-electron chi connectivity index (χ2n) is 5.08. The van der Waals surface area contributed by atoms with Crippen LogP contribution in [0.25, 0.3) is 0 Å². The van der Waals surface area contributed by atoms with Crippen LogP contribution in [0.4, 0.5) is 0 Å². The summed E-state index contributed by atoms with van der Waals surface area (Å²) in [6, 6.07) is 0. The SMILES string of the molecule is CNCC1(C(=O)NCC2CCOCC2)CC1. The molecule has 0 atom stereocenters. The molecule has 0 unspecified atom stereocenters. The van der Waals surface area contributed by atoms with Gasteiger partial charge < -0.3 is 15.4 Å². The van der Waals surface area contributed by atoms with Crippen LogP contribution in [0.15, 0.2) is 0 Å². The lowest BCUT2D eigenvalue weighted by atomic mass is 9.99. The predicted octanol–water partition coefficient (Wildman–Crippen LogP) is 0.529. The first-order valence-corrected chi connectivity index (χ1v) is 6.27. The third kappa shape index (κ3) is 2.74. The molecule has 0 spiro atoms. The lowest BCUT2D eigenvalue weighted by Crippen LogP contribution is -2.40. The van der Waals surface area contributed by atoms with Crippen molar-refractivity contribution in [3.05, 3.63) is 0 Å². The molecule has 0 bridgehead atoms. The van der Waals surface area contributed by atoms with Gasteiger partial charge in [-0.15, -0.1) is 0 Å². The van der Waals surface area contributed by atoms with E-state index in [2.05, 4.69) is 10.6 Å². The minimum absolute atomic E-state index is 0.0834. The number of nitrogens with one attached hydrogen (secondary N) is 2. The van der Waals surface area contributed by atoms with Crippen molar-refractivity contribution in [1.29, 1.82) is 0 Å². The lowest BCUT2D eigenvalue weighted by Gasteiger charge is -2.23. The van der Waals surface area contributed by atoms with E-state index in [4.69, 9.17) is 4.74 Å². The van der Waals surface area contributed by atoms with Gasteiger partial charge in [-0.1, -0.05) is 0 Å². The first kappa shape index (κ1) is 11.9. The van der Waals surface area contributed by atoms with Crippen LogP contribution < -0.4 is 10.6 Å². The van der Waals surface area contributed by atoms with E-state index in [1.54, 1.807) is 0 Å². The molecule has 1 aliphatic carbocycles. The van der Waals surface area contributed by atoms with Gasteiger partial charge in [0, 0.05) is 26.3 Å². The summed E-state index contributed by atoms with van der Waals surface area (Å²) in [5, 5.41) is 6.21. The molecule has 1 saturated carbocycles. The molecular weight excluding hydrogens is 204 g/mol. The Morgan fingerprint density at radius 3 is 2.62 bits per heavy atom. The van der Waals surface area contributed by atoms with Crippen molar-refractivity contribution >= 4 is 5.91 Å². The monoisotopic (exact) mass is 226 g/mol. The van der Waals surface area contributed by atoms with E-state index in [0.717, 1.165) is 52.0 Å². The molecule has 16 heavy (non-hydrogen) atoms. The highest BCUT2D eigenvalue weighted by Crippen LogP contribution is 2.45. The molecular formula is C12H22N2O2. The Morgan fingerprint density at radius 2 is 2.06 bits per heavy atom. The van der Waals surface area contributed by atoms with Crippen LogP contribution in [-0.2, 0) is 9.53 Å². The van der Waals surface area contributed by atoms with Crippen molar-refractivity contribution in [2.75, 3.05) is 33.4 Å². The number of amides is 1. The van der Waals surface area contributed by atoms with Crippen LogP contribution in [0.5, 0.6) is 0 Å². The molecule has 4 heteroatoms. The van der Waals surface area contributed by atoms with Gasteiger partial charge in [-0.2, -0.15) is 0 Å². The molecule has 92 valence electrons. The maximum absolute atomic E-state index is 12.0. The first-order chi connectivity index (χ1) is 7.77. The summed E-state index contributed by atoms with van der Waals surface area (Å²) >= 11 is 0. The molecule has 1 heterocycles. The van der Waals surface area contributed by atoms with Crippen molar-refractivity contribution in [1.82, 2.24) is 10.6 Å². The number of ether oxygens (including phenoxy) is 1. The maximum Gasteiger partial charge on any atom is 0.227 e. The largest absolute Gasteiger partial charge is 0.381 e. The summed E-state index contributed by atoms with van der Waals surface area (Å²) < 4.78 is 5.30. The quantitative estimate of drug-likeness (QED) is 0.719. The van der Waals surface area contributed by atoms with Crippen molar-refractivity contribution in [3.8, 4) is 0 Å².